The molecule has 2 aromatic carbocycles. The maximum absolute atomic E-state index is 13.6. The second kappa shape index (κ2) is 12.5. The minimum Gasteiger partial charge on any atom is -0.493 e. The zero-order valence-electron chi connectivity index (χ0n) is 24.5. The Balaban J connectivity index is 1.30. The fraction of sp³-hybridized carbons (Fsp3) is 0.438. The van der Waals surface area contributed by atoms with Gasteiger partial charge in [0.05, 0.1) is 30.9 Å². The van der Waals surface area contributed by atoms with Crippen molar-refractivity contribution in [1.82, 2.24) is 4.90 Å². The van der Waals surface area contributed by atoms with Crippen molar-refractivity contribution in [3.63, 3.8) is 0 Å². The van der Waals surface area contributed by atoms with Crippen LogP contribution in [0.3, 0.4) is 0 Å². The van der Waals surface area contributed by atoms with Crippen molar-refractivity contribution in [2.24, 2.45) is 0 Å². The third kappa shape index (κ3) is 6.54. The van der Waals surface area contributed by atoms with E-state index < -0.39 is 35.0 Å². The van der Waals surface area contributed by atoms with E-state index in [1.165, 1.54) is 12.1 Å². The fourth-order valence-corrected chi connectivity index (χ4v) is 6.05. The number of halogens is 4. The summed E-state index contributed by atoms with van der Waals surface area (Å²) in [7, 11) is 0. The molecule has 236 valence electrons. The summed E-state index contributed by atoms with van der Waals surface area (Å²) in [5.74, 6) is -0.699. The molecule has 2 heterocycles. The van der Waals surface area contributed by atoms with Crippen LogP contribution in [0.2, 0.25) is 0 Å². The first-order valence-electron chi connectivity index (χ1n) is 14.6. The van der Waals surface area contributed by atoms with Crippen LogP contribution in [0.4, 0.5) is 28.0 Å². The number of allylic oxidation sites excluding steroid dienone is 4. The lowest BCUT2D eigenvalue weighted by atomic mass is 9.89. The minimum atomic E-state index is -4.90. The Morgan fingerprint density at radius 1 is 1.09 bits per heavy atom. The van der Waals surface area contributed by atoms with Crippen LogP contribution in [-0.2, 0) is 17.5 Å². The predicted molar refractivity (Wildman–Crippen MR) is 154 cm³/mol. The van der Waals surface area contributed by atoms with Gasteiger partial charge in [0.25, 0.3) is 0 Å². The van der Waals surface area contributed by atoms with Gasteiger partial charge >= 0.3 is 18.2 Å². The van der Waals surface area contributed by atoms with Gasteiger partial charge in [0.15, 0.2) is 0 Å². The van der Waals surface area contributed by atoms with Crippen molar-refractivity contribution < 1.29 is 46.5 Å². The minimum absolute atomic E-state index is 0.0605. The molecule has 8 nitrogen and oxygen atoms in total. The van der Waals surface area contributed by atoms with Crippen LogP contribution in [0.15, 0.2) is 54.4 Å². The van der Waals surface area contributed by atoms with Crippen LogP contribution in [-0.4, -0.2) is 60.5 Å². The summed E-state index contributed by atoms with van der Waals surface area (Å²) in [6, 6.07) is 6.69. The molecule has 0 saturated carbocycles. The number of amides is 1. The van der Waals surface area contributed by atoms with Gasteiger partial charge in [-0.15, -0.1) is 0 Å². The van der Waals surface area contributed by atoms with Gasteiger partial charge in [-0.25, -0.2) is 14.0 Å². The first-order chi connectivity index (χ1) is 20.9. The van der Waals surface area contributed by atoms with Crippen LogP contribution in [0.25, 0.3) is 0 Å². The van der Waals surface area contributed by atoms with Crippen molar-refractivity contribution in [1.29, 1.82) is 0 Å². The van der Waals surface area contributed by atoms with Crippen molar-refractivity contribution in [3.8, 4) is 11.5 Å². The Morgan fingerprint density at radius 2 is 1.75 bits per heavy atom. The molecule has 1 atom stereocenters. The highest BCUT2D eigenvalue weighted by molar-refractivity contribution is 5.93. The van der Waals surface area contributed by atoms with Crippen molar-refractivity contribution in [3.05, 3.63) is 76.6 Å². The Bertz CT molecular complexity index is 1450. The lowest BCUT2D eigenvalue weighted by Crippen LogP contribution is -2.46. The number of carboxylic acids is 1. The molecule has 3 aliphatic rings. The van der Waals surface area contributed by atoms with Gasteiger partial charge in [0.2, 0.25) is 0 Å². The van der Waals surface area contributed by atoms with Crippen LogP contribution in [0.5, 0.6) is 11.5 Å². The molecule has 12 heteroatoms. The van der Waals surface area contributed by atoms with Crippen molar-refractivity contribution >= 4 is 17.7 Å². The first-order valence-corrected chi connectivity index (χ1v) is 14.6. The van der Waals surface area contributed by atoms with E-state index in [9.17, 15) is 32.3 Å². The number of nitrogens with zero attached hydrogens (tertiary/aromatic N) is 2. The number of rotatable bonds is 9. The molecule has 0 bridgehead atoms. The number of carbonyl (C=O) groups is 2. The lowest BCUT2D eigenvalue weighted by Gasteiger charge is -2.37. The normalized spacial score (nSPS) is 20.0. The van der Waals surface area contributed by atoms with E-state index >= 15 is 0 Å². The number of hydrogen-bond acceptors (Lipinski definition) is 6. The second-order valence-electron chi connectivity index (χ2n) is 11.1. The summed E-state index contributed by atoms with van der Waals surface area (Å²) in [6.45, 7) is 6.44. The van der Waals surface area contributed by atoms with E-state index in [2.05, 4.69) is 4.90 Å². The number of benzene rings is 2. The summed E-state index contributed by atoms with van der Waals surface area (Å²) >= 11 is 0. The quantitative estimate of drug-likeness (QED) is 0.300. The van der Waals surface area contributed by atoms with Crippen LogP contribution in [0.1, 0.15) is 66.1 Å². The molecule has 2 aliphatic heterocycles. The number of anilines is 1. The highest BCUT2D eigenvalue weighted by Gasteiger charge is 2.48. The average Bonchev–Trinajstić information content (AvgIpc) is 3.30. The number of carbonyl (C=O) groups excluding carboxylic acids is 1. The monoisotopic (exact) mass is 618 g/mol. The highest BCUT2D eigenvalue weighted by Crippen LogP contribution is 2.43. The highest BCUT2D eigenvalue weighted by atomic mass is 19.4. The molecular weight excluding hydrogens is 584 g/mol. The molecular formula is C32H34F4N2O6. The molecule has 1 unspecified atom stereocenters. The molecule has 1 aliphatic carbocycles. The van der Waals surface area contributed by atoms with Crippen LogP contribution < -0.4 is 14.4 Å². The van der Waals surface area contributed by atoms with Gasteiger partial charge in [0.1, 0.15) is 22.9 Å². The first kappa shape index (κ1) is 31.4. The molecule has 5 rings (SSSR count). The molecule has 44 heavy (non-hydrogen) atoms. The van der Waals surface area contributed by atoms with E-state index in [0.29, 0.717) is 69.7 Å². The molecule has 0 aromatic heterocycles. The summed E-state index contributed by atoms with van der Waals surface area (Å²) in [4.78, 5) is 27.5. The lowest BCUT2D eigenvalue weighted by molar-refractivity contribution is -0.138. The molecule has 0 radical (unpaired) electrons. The number of alkyl halides is 3. The molecule has 2 saturated heterocycles. The van der Waals surface area contributed by atoms with E-state index in [-0.39, 0.29) is 24.0 Å². The average molecular weight is 619 g/mol. The Morgan fingerprint density at radius 3 is 2.30 bits per heavy atom. The maximum Gasteiger partial charge on any atom is 0.417 e. The standard InChI is InChI=1S/C32H34F4N2O6/c1-3-42-26-15-20(16-27(43-4-2)28(26)21-5-7-22(33)8-6-21)18-37-13-11-31(12-14-37)19-38(30(41)44-31)23-9-10-24(29(39)40)25(17-23)32(34,35)36/h5,7-10,15-17,21H,3-4,6,11-14,18-19H2,1-2H3,(H,39,40). The van der Waals surface area contributed by atoms with E-state index in [1.54, 1.807) is 6.08 Å². The molecule has 1 amide bonds. The number of carboxylic acid groups (broad SMARTS) is 1. The zero-order valence-corrected chi connectivity index (χ0v) is 24.5. The van der Waals surface area contributed by atoms with Crippen molar-refractivity contribution in [2.45, 2.75) is 57.3 Å². The smallest absolute Gasteiger partial charge is 0.417 e. The number of hydrogen-bond donors (Lipinski definition) is 1. The van der Waals surface area contributed by atoms with E-state index in [0.717, 1.165) is 22.1 Å². The zero-order chi connectivity index (χ0) is 31.6. The summed E-state index contributed by atoms with van der Waals surface area (Å²) in [6.07, 6.45) is 0.574. The molecule has 1 spiro atoms. The summed E-state index contributed by atoms with van der Waals surface area (Å²) in [5, 5.41) is 9.19. The van der Waals surface area contributed by atoms with Gasteiger partial charge in [0, 0.05) is 49.6 Å². The van der Waals surface area contributed by atoms with Gasteiger partial charge < -0.3 is 19.3 Å². The fourth-order valence-electron chi connectivity index (χ4n) is 6.05. The second-order valence-corrected chi connectivity index (χ2v) is 11.1. The molecule has 2 aromatic rings. The van der Waals surface area contributed by atoms with E-state index in [1.807, 2.05) is 32.1 Å². The number of likely N-dealkylation sites (tertiary alicyclic amines) is 1. The van der Waals surface area contributed by atoms with Gasteiger partial charge in [-0.2, -0.15) is 13.2 Å². The van der Waals surface area contributed by atoms with Crippen LogP contribution >= 0.6 is 0 Å². The van der Waals surface area contributed by atoms with Crippen LogP contribution in [0, 0.1) is 0 Å². The predicted octanol–water partition coefficient (Wildman–Crippen LogP) is 7.09. The van der Waals surface area contributed by atoms with Gasteiger partial charge in [-0.1, -0.05) is 6.08 Å². The Hall–Kier alpha value is -4.06. The van der Waals surface area contributed by atoms with Gasteiger partial charge in [-0.3, -0.25) is 9.80 Å². The third-order valence-electron chi connectivity index (χ3n) is 8.18. The molecule has 2 fully saturated rings. The SMILES string of the molecule is CCOc1cc(CN2CCC3(CC2)CN(c2ccc(C(=O)O)c(C(F)(F)F)c2)C(=O)O3)cc(OCC)c1C1C=CC(F)=CC1. The van der Waals surface area contributed by atoms with Crippen molar-refractivity contribution in [2.75, 3.05) is 37.7 Å². The maximum atomic E-state index is 13.6. The number of piperidine rings is 1. The third-order valence-corrected chi connectivity index (χ3v) is 8.18. The van der Waals surface area contributed by atoms with E-state index in [4.69, 9.17) is 14.2 Å². The number of aromatic carboxylic acids is 1. The topological polar surface area (TPSA) is 88.5 Å². The summed E-state index contributed by atoms with van der Waals surface area (Å²) in [5.41, 5.74) is -1.31. The Kier molecular flexibility index (Phi) is 8.92. The summed E-state index contributed by atoms with van der Waals surface area (Å²) < 4.78 is 72.1. The van der Waals surface area contributed by atoms with Gasteiger partial charge in [-0.05, 0) is 68.3 Å². The number of ether oxygens (including phenoxy) is 3. The molecule has 1 N–H and O–H groups in total. The largest absolute Gasteiger partial charge is 0.493 e. The Labute approximate surface area is 252 Å².